The number of aryl methyl sites for hydroxylation is 2. The molecule has 0 aliphatic rings. The summed E-state index contributed by atoms with van der Waals surface area (Å²) >= 11 is 1.40. The Morgan fingerprint density at radius 2 is 1.76 bits per heavy atom. The lowest BCUT2D eigenvalue weighted by Gasteiger charge is -2.11. The Hall–Kier alpha value is -3.78. The number of aromatic nitrogens is 5. The van der Waals surface area contributed by atoms with Gasteiger partial charge in [0.15, 0.2) is 11.0 Å². The number of fused-ring (bicyclic) bond motifs is 1. The second-order valence-electron chi connectivity index (χ2n) is 7.72. The molecule has 2 aromatic carbocycles. The van der Waals surface area contributed by atoms with Crippen molar-refractivity contribution in [2.75, 3.05) is 0 Å². The van der Waals surface area contributed by atoms with Gasteiger partial charge in [-0.1, -0.05) is 47.7 Å². The summed E-state index contributed by atoms with van der Waals surface area (Å²) < 4.78 is 18.0. The van der Waals surface area contributed by atoms with Crippen LogP contribution in [0.5, 0.6) is 0 Å². The smallest absolute Gasteiger partial charge is 0.258 e. The number of hydrogen-bond acceptors (Lipinski definition) is 5. The van der Waals surface area contributed by atoms with E-state index in [1.807, 2.05) is 54.8 Å². The number of pyridine rings is 1. The van der Waals surface area contributed by atoms with E-state index < -0.39 is 0 Å². The lowest BCUT2D eigenvalue weighted by molar-refractivity contribution is 0.629. The SMILES string of the molecule is Cc1ccc(-n2c(SCc3cc(=O)n4cccc(C)c4n3)nnc2-c2ccccc2F)cc1. The lowest BCUT2D eigenvalue weighted by Crippen LogP contribution is -2.15. The third-order valence-electron chi connectivity index (χ3n) is 5.33. The highest BCUT2D eigenvalue weighted by molar-refractivity contribution is 7.98. The molecule has 0 bridgehead atoms. The van der Waals surface area contributed by atoms with Crippen molar-refractivity contribution in [2.45, 2.75) is 24.8 Å². The Kier molecular flexibility index (Phi) is 5.51. The van der Waals surface area contributed by atoms with Crippen LogP contribution < -0.4 is 5.56 Å². The van der Waals surface area contributed by atoms with Crippen molar-refractivity contribution < 1.29 is 4.39 Å². The monoisotopic (exact) mass is 457 g/mol. The van der Waals surface area contributed by atoms with Gasteiger partial charge in [0, 0.05) is 23.7 Å². The molecule has 0 amide bonds. The fourth-order valence-electron chi connectivity index (χ4n) is 3.63. The second kappa shape index (κ2) is 8.63. The maximum absolute atomic E-state index is 14.6. The molecule has 6 nitrogen and oxygen atoms in total. The van der Waals surface area contributed by atoms with E-state index in [0.29, 0.717) is 33.6 Å². The van der Waals surface area contributed by atoms with Gasteiger partial charge in [0.1, 0.15) is 11.5 Å². The van der Waals surface area contributed by atoms with Gasteiger partial charge in [-0.05, 0) is 49.7 Å². The maximum atomic E-state index is 14.6. The Balaban J connectivity index is 1.56. The van der Waals surface area contributed by atoms with Gasteiger partial charge in [0.2, 0.25) is 0 Å². The summed E-state index contributed by atoms with van der Waals surface area (Å²) in [7, 11) is 0. The van der Waals surface area contributed by atoms with Gasteiger partial charge in [0.25, 0.3) is 5.56 Å². The van der Waals surface area contributed by atoms with Gasteiger partial charge in [-0.2, -0.15) is 0 Å². The molecule has 0 unspecified atom stereocenters. The summed E-state index contributed by atoms with van der Waals surface area (Å²) in [5.74, 6) is 0.470. The molecule has 8 heteroatoms. The van der Waals surface area contributed by atoms with Crippen LogP contribution in [-0.4, -0.2) is 24.1 Å². The third kappa shape index (κ3) is 4.05. The zero-order chi connectivity index (χ0) is 22.9. The molecular weight excluding hydrogens is 437 g/mol. The summed E-state index contributed by atoms with van der Waals surface area (Å²) in [6.07, 6.45) is 1.71. The number of halogens is 1. The van der Waals surface area contributed by atoms with Gasteiger partial charge in [-0.15, -0.1) is 10.2 Å². The van der Waals surface area contributed by atoms with Crippen LogP contribution in [0, 0.1) is 19.7 Å². The molecule has 0 spiro atoms. The maximum Gasteiger partial charge on any atom is 0.258 e. The standard InChI is InChI=1S/C25H20FN5OS/c1-16-9-11-19(12-10-16)31-24(20-7-3-4-8-21(20)26)28-29-25(31)33-15-18-14-22(32)30-13-5-6-17(2)23(30)27-18/h3-14H,15H2,1-2H3. The van der Waals surface area contributed by atoms with Crippen LogP contribution in [-0.2, 0) is 5.75 Å². The van der Waals surface area contributed by atoms with Crippen molar-refractivity contribution in [3.63, 3.8) is 0 Å². The molecule has 0 aliphatic heterocycles. The lowest BCUT2D eigenvalue weighted by atomic mass is 10.2. The normalized spacial score (nSPS) is 11.2. The Bertz CT molecular complexity index is 1520. The number of thioether (sulfide) groups is 1. The molecular formula is C25H20FN5OS. The van der Waals surface area contributed by atoms with Crippen molar-refractivity contribution in [1.29, 1.82) is 0 Å². The molecule has 33 heavy (non-hydrogen) atoms. The number of benzene rings is 2. The van der Waals surface area contributed by atoms with Crippen LogP contribution in [0.25, 0.3) is 22.7 Å². The molecule has 0 atom stereocenters. The van der Waals surface area contributed by atoms with Crippen molar-refractivity contribution in [3.8, 4) is 17.1 Å². The first-order valence-corrected chi connectivity index (χ1v) is 11.4. The quantitative estimate of drug-likeness (QED) is 0.348. The van der Waals surface area contributed by atoms with E-state index in [4.69, 9.17) is 0 Å². The highest BCUT2D eigenvalue weighted by Gasteiger charge is 2.19. The predicted molar refractivity (Wildman–Crippen MR) is 127 cm³/mol. The Morgan fingerprint density at radius 3 is 2.55 bits per heavy atom. The summed E-state index contributed by atoms with van der Waals surface area (Å²) in [6.45, 7) is 3.93. The summed E-state index contributed by atoms with van der Waals surface area (Å²) in [5.41, 5.74) is 4.38. The van der Waals surface area contributed by atoms with E-state index in [1.165, 1.54) is 28.3 Å². The van der Waals surface area contributed by atoms with Crippen LogP contribution in [0.1, 0.15) is 16.8 Å². The van der Waals surface area contributed by atoms with Crippen LogP contribution in [0.4, 0.5) is 4.39 Å². The zero-order valence-electron chi connectivity index (χ0n) is 18.1. The van der Waals surface area contributed by atoms with Crippen LogP contribution in [0.2, 0.25) is 0 Å². The minimum absolute atomic E-state index is 0.133. The number of nitrogens with zero attached hydrogens (tertiary/aromatic N) is 5. The third-order valence-corrected chi connectivity index (χ3v) is 6.29. The molecule has 0 N–H and O–H groups in total. The fraction of sp³-hybridized carbons (Fsp3) is 0.120. The van der Waals surface area contributed by atoms with Crippen LogP contribution in [0.15, 0.2) is 82.9 Å². The largest absolute Gasteiger partial charge is 0.270 e. The van der Waals surface area contributed by atoms with Gasteiger partial charge in [0.05, 0.1) is 11.3 Å². The number of rotatable bonds is 5. The van der Waals surface area contributed by atoms with Gasteiger partial charge < -0.3 is 0 Å². The average molecular weight is 458 g/mol. The molecule has 0 fully saturated rings. The van der Waals surface area contributed by atoms with Crippen molar-refractivity contribution in [2.24, 2.45) is 0 Å². The number of hydrogen-bond donors (Lipinski definition) is 0. The van der Waals surface area contributed by atoms with E-state index >= 15 is 0 Å². The summed E-state index contributed by atoms with van der Waals surface area (Å²) in [5, 5.41) is 9.24. The minimum atomic E-state index is -0.366. The molecule has 5 aromatic rings. The molecule has 3 aromatic heterocycles. The molecule has 164 valence electrons. The molecule has 5 rings (SSSR count). The first-order chi connectivity index (χ1) is 16.0. The van der Waals surface area contributed by atoms with E-state index in [2.05, 4.69) is 15.2 Å². The topological polar surface area (TPSA) is 65.1 Å². The highest BCUT2D eigenvalue weighted by atomic mass is 32.2. The van der Waals surface area contributed by atoms with Gasteiger partial charge in [-0.3, -0.25) is 13.8 Å². The van der Waals surface area contributed by atoms with Gasteiger partial charge in [-0.25, -0.2) is 9.37 Å². The van der Waals surface area contributed by atoms with Crippen molar-refractivity contribution in [3.05, 3.63) is 106 Å². The first kappa shape index (κ1) is 21.1. The molecule has 0 saturated heterocycles. The van der Waals surface area contributed by atoms with Gasteiger partial charge >= 0.3 is 0 Å². The van der Waals surface area contributed by atoms with E-state index in [-0.39, 0.29) is 11.4 Å². The highest BCUT2D eigenvalue weighted by Crippen LogP contribution is 2.30. The molecule has 0 radical (unpaired) electrons. The fourth-order valence-corrected chi connectivity index (χ4v) is 4.47. The summed E-state index contributed by atoms with van der Waals surface area (Å²) in [6, 6.07) is 19.7. The van der Waals surface area contributed by atoms with Crippen LogP contribution in [0.3, 0.4) is 0 Å². The predicted octanol–water partition coefficient (Wildman–Crippen LogP) is 4.99. The van der Waals surface area contributed by atoms with E-state index in [9.17, 15) is 9.18 Å². The Morgan fingerprint density at radius 1 is 0.970 bits per heavy atom. The van der Waals surface area contributed by atoms with Crippen molar-refractivity contribution >= 4 is 17.4 Å². The molecule has 0 aliphatic carbocycles. The van der Waals surface area contributed by atoms with Crippen LogP contribution >= 0.6 is 11.8 Å². The van der Waals surface area contributed by atoms with E-state index in [1.54, 1.807) is 24.4 Å². The first-order valence-electron chi connectivity index (χ1n) is 10.4. The van der Waals surface area contributed by atoms with E-state index in [0.717, 1.165) is 16.8 Å². The average Bonchev–Trinajstić information content (AvgIpc) is 3.23. The Labute approximate surface area is 193 Å². The zero-order valence-corrected chi connectivity index (χ0v) is 18.9. The molecule has 0 saturated carbocycles. The minimum Gasteiger partial charge on any atom is -0.270 e. The van der Waals surface area contributed by atoms with Crippen molar-refractivity contribution in [1.82, 2.24) is 24.1 Å². The molecule has 3 heterocycles. The second-order valence-corrected chi connectivity index (χ2v) is 8.66. The summed E-state index contributed by atoms with van der Waals surface area (Å²) in [4.78, 5) is 17.2.